The van der Waals surface area contributed by atoms with Crippen molar-refractivity contribution in [2.75, 3.05) is 18.6 Å². The zero-order chi connectivity index (χ0) is 10.7. The van der Waals surface area contributed by atoms with Gasteiger partial charge in [-0.3, -0.25) is 9.89 Å². The van der Waals surface area contributed by atoms with Crippen molar-refractivity contribution in [3.05, 3.63) is 11.6 Å². The number of amides is 1. The molecule has 6 heteroatoms. The molecule has 5 nitrogen and oxygen atoms in total. The van der Waals surface area contributed by atoms with E-state index in [9.17, 15) is 4.79 Å². The number of aromatic nitrogens is 3. The van der Waals surface area contributed by atoms with Crippen molar-refractivity contribution < 1.29 is 4.79 Å². The Hall–Kier alpha value is -1.04. The number of carbonyl (C=O) groups excluding carboxylic acids is 1. The highest BCUT2D eigenvalue weighted by Gasteiger charge is 2.27. The van der Waals surface area contributed by atoms with E-state index in [2.05, 4.69) is 20.5 Å². The van der Waals surface area contributed by atoms with Gasteiger partial charge in [-0.05, 0) is 19.1 Å². The molecule has 1 amide bonds. The van der Waals surface area contributed by atoms with E-state index >= 15 is 0 Å². The van der Waals surface area contributed by atoms with E-state index in [4.69, 9.17) is 0 Å². The number of rotatable bonds is 5. The highest BCUT2D eigenvalue weighted by atomic mass is 32.2. The maximum absolute atomic E-state index is 11.5. The van der Waals surface area contributed by atoms with Crippen LogP contribution in [0.4, 0.5) is 0 Å². The molecule has 0 unspecified atom stereocenters. The van der Waals surface area contributed by atoms with Gasteiger partial charge in [0.15, 0.2) is 0 Å². The van der Waals surface area contributed by atoms with E-state index < -0.39 is 0 Å². The van der Waals surface area contributed by atoms with Crippen molar-refractivity contribution in [3.8, 4) is 0 Å². The van der Waals surface area contributed by atoms with Crippen LogP contribution in [0.25, 0.3) is 0 Å². The van der Waals surface area contributed by atoms with Crippen molar-refractivity contribution in [2.24, 2.45) is 0 Å². The van der Waals surface area contributed by atoms with Gasteiger partial charge < -0.3 is 5.32 Å². The van der Waals surface area contributed by atoms with Crippen molar-refractivity contribution in [1.29, 1.82) is 0 Å². The molecule has 0 aromatic carbocycles. The number of aromatic amines is 1. The number of carbonyl (C=O) groups is 1. The predicted molar refractivity (Wildman–Crippen MR) is 59.1 cm³/mol. The molecule has 0 bridgehead atoms. The molecule has 2 N–H and O–H groups in total. The maximum atomic E-state index is 11.5. The van der Waals surface area contributed by atoms with Crippen molar-refractivity contribution in [2.45, 2.75) is 18.8 Å². The highest BCUT2D eigenvalue weighted by Crippen LogP contribution is 2.37. The number of thioether (sulfide) groups is 1. The molecule has 82 valence electrons. The van der Waals surface area contributed by atoms with Crippen LogP contribution >= 0.6 is 11.8 Å². The number of hydrogen-bond acceptors (Lipinski definition) is 4. The van der Waals surface area contributed by atoms with Crippen LogP contribution in [0.5, 0.6) is 0 Å². The lowest BCUT2D eigenvalue weighted by molar-refractivity contribution is 0.0946. The Labute approximate surface area is 92.4 Å². The lowest BCUT2D eigenvalue weighted by atomic mass is 10.4. The monoisotopic (exact) mass is 226 g/mol. The first-order valence-corrected chi connectivity index (χ1v) is 6.40. The number of H-pyrrole nitrogens is 1. The molecular formula is C9H14N4OS. The Bertz CT molecular complexity index is 348. The van der Waals surface area contributed by atoms with E-state index in [0.29, 0.717) is 12.5 Å². The number of hydrogen-bond donors (Lipinski definition) is 2. The molecule has 0 atom stereocenters. The van der Waals surface area contributed by atoms with Gasteiger partial charge in [-0.1, -0.05) is 0 Å². The second-order valence-electron chi connectivity index (χ2n) is 3.57. The minimum atomic E-state index is -0.188. The first kappa shape index (κ1) is 10.5. The van der Waals surface area contributed by atoms with Gasteiger partial charge in [0.25, 0.3) is 5.91 Å². The summed E-state index contributed by atoms with van der Waals surface area (Å²) in [6.07, 6.45) is 4.32. The van der Waals surface area contributed by atoms with Gasteiger partial charge in [0.05, 0.1) is 0 Å². The fraction of sp³-hybridized carbons (Fsp3) is 0.667. The third-order valence-corrected chi connectivity index (χ3v) is 2.87. The molecule has 1 heterocycles. The minimum Gasteiger partial charge on any atom is -0.348 e. The van der Waals surface area contributed by atoms with Crippen LogP contribution in [0.3, 0.4) is 0 Å². The zero-order valence-electron chi connectivity index (χ0n) is 8.62. The van der Waals surface area contributed by atoms with E-state index in [-0.39, 0.29) is 11.7 Å². The molecule has 1 fully saturated rings. The molecule has 2 rings (SSSR count). The normalized spacial score (nSPS) is 15.3. The molecule has 1 saturated carbocycles. The molecule has 0 radical (unpaired) electrons. The number of nitrogens with one attached hydrogen (secondary N) is 2. The van der Waals surface area contributed by atoms with Gasteiger partial charge in [0, 0.05) is 18.2 Å². The fourth-order valence-electron chi connectivity index (χ4n) is 1.26. The largest absolute Gasteiger partial charge is 0.348 e. The van der Waals surface area contributed by atoms with Gasteiger partial charge >= 0.3 is 0 Å². The minimum absolute atomic E-state index is 0.188. The number of nitrogens with zero attached hydrogens (tertiary/aromatic N) is 2. The fourth-order valence-corrected chi connectivity index (χ4v) is 1.57. The van der Waals surface area contributed by atoms with Gasteiger partial charge in [-0.15, -0.1) is 5.10 Å². The van der Waals surface area contributed by atoms with Gasteiger partial charge in [-0.2, -0.15) is 11.8 Å². The second-order valence-corrected chi connectivity index (χ2v) is 4.55. The lowest BCUT2D eigenvalue weighted by Crippen LogP contribution is -2.26. The molecule has 15 heavy (non-hydrogen) atoms. The first-order chi connectivity index (χ1) is 7.31. The van der Waals surface area contributed by atoms with Crippen molar-refractivity contribution >= 4 is 17.7 Å². The Balaban J connectivity index is 1.87. The summed E-state index contributed by atoms with van der Waals surface area (Å²) in [5.41, 5.74) is 0. The smallest absolute Gasteiger partial charge is 0.290 e. The maximum Gasteiger partial charge on any atom is 0.290 e. The molecule has 0 aliphatic heterocycles. The third kappa shape index (κ3) is 2.71. The average Bonchev–Trinajstić information content (AvgIpc) is 2.97. The molecule has 0 spiro atoms. The predicted octanol–water partition coefficient (Wildman–Crippen LogP) is 0.775. The summed E-state index contributed by atoms with van der Waals surface area (Å²) in [5.74, 6) is 2.34. The van der Waals surface area contributed by atoms with E-state index in [1.54, 1.807) is 11.8 Å². The molecule has 1 aliphatic rings. The highest BCUT2D eigenvalue weighted by molar-refractivity contribution is 7.98. The molecule has 1 aromatic rings. The first-order valence-electron chi connectivity index (χ1n) is 5.00. The summed E-state index contributed by atoms with van der Waals surface area (Å²) >= 11 is 1.70. The Morgan fingerprint density at radius 2 is 2.47 bits per heavy atom. The van der Waals surface area contributed by atoms with Crippen LogP contribution in [-0.2, 0) is 0 Å². The summed E-state index contributed by atoms with van der Waals surface area (Å²) in [6.45, 7) is 0.660. The molecule has 1 aromatic heterocycles. The summed E-state index contributed by atoms with van der Waals surface area (Å²) in [4.78, 5) is 15.7. The summed E-state index contributed by atoms with van der Waals surface area (Å²) < 4.78 is 0. The Kier molecular flexibility index (Phi) is 3.25. The van der Waals surface area contributed by atoms with Crippen LogP contribution in [0, 0.1) is 0 Å². The summed E-state index contributed by atoms with van der Waals surface area (Å²) in [6, 6.07) is 0. The SMILES string of the molecule is CSCCNC(=O)c1n[nH]c(C2CC2)n1. The van der Waals surface area contributed by atoms with Gasteiger partial charge in [0.2, 0.25) is 5.82 Å². The molecular weight excluding hydrogens is 212 g/mol. The van der Waals surface area contributed by atoms with Crippen molar-refractivity contribution in [1.82, 2.24) is 20.5 Å². The standard InChI is InChI=1S/C9H14N4OS/c1-15-5-4-10-9(14)8-11-7(12-13-8)6-2-3-6/h6H,2-5H2,1H3,(H,10,14)(H,11,12,13). The van der Waals surface area contributed by atoms with Crippen LogP contribution in [0.15, 0.2) is 0 Å². The summed E-state index contributed by atoms with van der Waals surface area (Å²) in [7, 11) is 0. The van der Waals surface area contributed by atoms with E-state index in [1.165, 1.54) is 0 Å². The van der Waals surface area contributed by atoms with Crippen LogP contribution in [-0.4, -0.2) is 39.6 Å². The summed E-state index contributed by atoms with van der Waals surface area (Å²) in [5, 5.41) is 9.48. The van der Waals surface area contributed by atoms with Crippen molar-refractivity contribution in [3.63, 3.8) is 0 Å². The molecule has 1 aliphatic carbocycles. The Morgan fingerprint density at radius 1 is 1.67 bits per heavy atom. The third-order valence-electron chi connectivity index (χ3n) is 2.26. The van der Waals surface area contributed by atoms with Gasteiger partial charge in [-0.25, -0.2) is 4.98 Å². The Morgan fingerprint density at radius 3 is 3.13 bits per heavy atom. The quantitative estimate of drug-likeness (QED) is 0.728. The lowest BCUT2D eigenvalue weighted by Gasteiger charge is -1.98. The van der Waals surface area contributed by atoms with Crippen LogP contribution < -0.4 is 5.32 Å². The van der Waals surface area contributed by atoms with E-state index in [1.807, 2.05) is 6.26 Å². The van der Waals surface area contributed by atoms with E-state index in [0.717, 1.165) is 24.4 Å². The topological polar surface area (TPSA) is 70.7 Å². The van der Waals surface area contributed by atoms with Crippen LogP contribution in [0.1, 0.15) is 35.2 Å². The zero-order valence-corrected chi connectivity index (χ0v) is 9.43. The second kappa shape index (κ2) is 4.65. The van der Waals surface area contributed by atoms with Crippen LogP contribution in [0.2, 0.25) is 0 Å². The average molecular weight is 226 g/mol. The molecule has 0 saturated heterocycles. The van der Waals surface area contributed by atoms with Gasteiger partial charge in [0.1, 0.15) is 5.82 Å².